The van der Waals surface area contributed by atoms with Gasteiger partial charge in [0, 0.05) is 44.8 Å². The van der Waals surface area contributed by atoms with Gasteiger partial charge in [0.25, 0.3) is 0 Å². The smallest absolute Gasteiger partial charge is 0.341 e. The number of H-pyrrole nitrogens is 1. The molecule has 156 valence electrons. The maximum atomic E-state index is 15.2. The van der Waals surface area contributed by atoms with Crippen LogP contribution >= 0.6 is 0 Å². The first kappa shape index (κ1) is 18.3. The maximum absolute atomic E-state index is 15.2. The summed E-state index contributed by atoms with van der Waals surface area (Å²) in [5, 5.41) is 14.2. The van der Waals surface area contributed by atoms with E-state index in [2.05, 4.69) is 15.3 Å². The fourth-order valence-electron chi connectivity index (χ4n) is 4.09. The van der Waals surface area contributed by atoms with Gasteiger partial charge in [-0.15, -0.1) is 0 Å². The molecule has 0 bridgehead atoms. The summed E-state index contributed by atoms with van der Waals surface area (Å²) in [6, 6.07) is 1.16. The molecule has 3 aromatic rings. The first-order valence-electron chi connectivity index (χ1n) is 9.44. The topological polar surface area (TPSA) is 116 Å². The molecule has 3 N–H and O–H groups in total. The lowest BCUT2D eigenvalue weighted by Gasteiger charge is -2.33. The summed E-state index contributed by atoms with van der Waals surface area (Å²) in [4.78, 5) is 33.2. The Labute approximate surface area is 169 Å². The standard InChI is InChI=1S/C19H19FN6O4/c1-24-9-30-17-14-11(16(27)12(18(28)29)8-26(14)24)6-13(20)15(17)25-5-2-10(7-25)23-19-21-3-4-22-19/h3-4,6,8,10H,2,5,7,9H2,1H3,(H,28,29)(H2,21,22,23)/t10-/m0/s1. The summed E-state index contributed by atoms with van der Waals surface area (Å²) in [5.41, 5.74) is -0.524. The Kier molecular flexibility index (Phi) is 4.05. The normalized spacial score (nSPS) is 18.0. The number of aromatic nitrogens is 3. The minimum absolute atomic E-state index is 0.0258. The number of aromatic amines is 1. The van der Waals surface area contributed by atoms with Gasteiger partial charge in [0.2, 0.25) is 5.43 Å². The van der Waals surface area contributed by atoms with Crippen molar-refractivity contribution in [1.29, 1.82) is 0 Å². The summed E-state index contributed by atoms with van der Waals surface area (Å²) < 4.78 is 22.6. The minimum atomic E-state index is -1.36. The second kappa shape index (κ2) is 6.65. The number of anilines is 2. The lowest BCUT2D eigenvalue weighted by atomic mass is 10.1. The number of halogens is 1. The molecule has 2 aliphatic rings. The summed E-state index contributed by atoms with van der Waals surface area (Å²) >= 11 is 0. The molecule has 0 amide bonds. The van der Waals surface area contributed by atoms with E-state index in [1.165, 1.54) is 10.9 Å². The molecular weight excluding hydrogens is 395 g/mol. The molecule has 0 saturated carbocycles. The molecule has 0 radical (unpaired) electrons. The van der Waals surface area contributed by atoms with Crippen LogP contribution in [0.1, 0.15) is 16.8 Å². The van der Waals surface area contributed by atoms with Gasteiger partial charge in [-0.05, 0) is 12.5 Å². The Morgan fingerprint density at radius 1 is 1.47 bits per heavy atom. The van der Waals surface area contributed by atoms with Crippen LogP contribution in [0.4, 0.5) is 16.0 Å². The fraction of sp³-hybridized carbons (Fsp3) is 0.316. The second-order valence-electron chi connectivity index (χ2n) is 7.40. The van der Waals surface area contributed by atoms with Crippen molar-refractivity contribution in [2.45, 2.75) is 12.5 Å². The zero-order chi connectivity index (χ0) is 21.0. The monoisotopic (exact) mass is 414 g/mol. The highest BCUT2D eigenvalue weighted by Gasteiger charge is 2.32. The molecule has 0 aliphatic carbocycles. The van der Waals surface area contributed by atoms with E-state index < -0.39 is 22.8 Å². The highest BCUT2D eigenvalue weighted by Crippen LogP contribution is 2.41. The van der Waals surface area contributed by atoms with E-state index in [1.54, 1.807) is 24.5 Å². The van der Waals surface area contributed by atoms with E-state index in [9.17, 15) is 14.7 Å². The summed E-state index contributed by atoms with van der Waals surface area (Å²) in [6.45, 7) is 1.19. The Bertz CT molecular complexity index is 1210. The molecule has 1 fully saturated rings. The number of ether oxygens (including phenoxy) is 1. The third kappa shape index (κ3) is 2.73. The second-order valence-corrected chi connectivity index (χ2v) is 7.40. The zero-order valence-electron chi connectivity index (χ0n) is 16.1. The average Bonchev–Trinajstić information content (AvgIpc) is 3.38. The molecule has 30 heavy (non-hydrogen) atoms. The lowest BCUT2D eigenvalue weighted by molar-refractivity contribution is 0.0694. The summed E-state index contributed by atoms with van der Waals surface area (Å²) in [7, 11) is 1.70. The number of imidazole rings is 1. The molecule has 0 unspecified atom stereocenters. The quantitative estimate of drug-likeness (QED) is 0.583. The zero-order valence-corrected chi connectivity index (χ0v) is 16.1. The first-order chi connectivity index (χ1) is 14.4. The number of carboxylic acid groups (broad SMARTS) is 1. The predicted molar refractivity (Wildman–Crippen MR) is 108 cm³/mol. The van der Waals surface area contributed by atoms with Crippen LogP contribution in [0.3, 0.4) is 0 Å². The number of carbonyl (C=O) groups is 1. The van der Waals surface area contributed by atoms with Crippen LogP contribution < -0.4 is 25.4 Å². The van der Waals surface area contributed by atoms with Crippen LogP contribution in [-0.4, -0.2) is 58.6 Å². The number of hydrogen-bond donors (Lipinski definition) is 3. The Hall–Kier alpha value is -3.76. The third-order valence-electron chi connectivity index (χ3n) is 5.49. The lowest BCUT2D eigenvalue weighted by Crippen LogP contribution is -2.40. The van der Waals surface area contributed by atoms with Crippen molar-refractivity contribution in [3.63, 3.8) is 0 Å². The van der Waals surface area contributed by atoms with E-state index >= 15 is 4.39 Å². The first-order valence-corrected chi connectivity index (χ1v) is 9.44. The van der Waals surface area contributed by atoms with E-state index in [1.807, 2.05) is 4.90 Å². The molecule has 1 aromatic carbocycles. The van der Waals surface area contributed by atoms with Gasteiger partial charge >= 0.3 is 5.97 Å². The van der Waals surface area contributed by atoms with E-state index in [0.717, 1.165) is 12.5 Å². The van der Waals surface area contributed by atoms with Crippen molar-refractivity contribution in [2.75, 3.05) is 42.1 Å². The van der Waals surface area contributed by atoms with Crippen LogP contribution in [-0.2, 0) is 0 Å². The molecule has 1 atom stereocenters. The van der Waals surface area contributed by atoms with Gasteiger partial charge < -0.3 is 25.0 Å². The number of nitrogens with zero attached hydrogens (tertiary/aromatic N) is 4. The highest BCUT2D eigenvalue weighted by molar-refractivity contribution is 5.97. The molecule has 5 rings (SSSR count). The van der Waals surface area contributed by atoms with Crippen molar-refractivity contribution in [3.05, 3.63) is 46.3 Å². The molecule has 0 spiro atoms. The number of pyridine rings is 1. The van der Waals surface area contributed by atoms with E-state index in [-0.39, 0.29) is 29.6 Å². The van der Waals surface area contributed by atoms with Crippen LogP contribution in [0.15, 0.2) is 29.5 Å². The van der Waals surface area contributed by atoms with Gasteiger partial charge in [0.05, 0.1) is 5.39 Å². The molecule has 2 aliphatic heterocycles. The van der Waals surface area contributed by atoms with Crippen molar-refractivity contribution in [3.8, 4) is 5.75 Å². The summed E-state index contributed by atoms with van der Waals surface area (Å²) in [6.07, 6.45) is 5.39. The van der Waals surface area contributed by atoms with E-state index in [0.29, 0.717) is 24.6 Å². The number of rotatable bonds is 4. The van der Waals surface area contributed by atoms with Gasteiger partial charge in [0.1, 0.15) is 16.8 Å². The largest absolute Gasteiger partial charge is 0.477 e. The van der Waals surface area contributed by atoms with Crippen molar-refractivity contribution >= 4 is 28.5 Å². The predicted octanol–water partition coefficient (Wildman–Crippen LogP) is 1.17. The SMILES string of the molecule is CN1COc2c(N3CC[C@H](Nc4ncc[nH]4)C3)c(F)cc3c(=O)c(C(=O)O)cn1c23. The third-order valence-corrected chi connectivity index (χ3v) is 5.49. The van der Waals surface area contributed by atoms with Crippen LogP contribution in [0.2, 0.25) is 0 Å². The maximum Gasteiger partial charge on any atom is 0.341 e. The van der Waals surface area contributed by atoms with Crippen LogP contribution in [0.25, 0.3) is 10.9 Å². The molecule has 4 heterocycles. The van der Waals surface area contributed by atoms with Crippen LogP contribution in [0, 0.1) is 5.82 Å². The number of aromatic carboxylic acids is 1. The van der Waals surface area contributed by atoms with Crippen molar-refractivity contribution < 1.29 is 19.0 Å². The molecule has 1 saturated heterocycles. The fourth-order valence-corrected chi connectivity index (χ4v) is 4.09. The van der Waals surface area contributed by atoms with Gasteiger partial charge in [-0.2, -0.15) is 0 Å². The molecule has 2 aromatic heterocycles. The average molecular weight is 414 g/mol. The van der Waals surface area contributed by atoms with Gasteiger partial charge in [-0.3, -0.25) is 14.5 Å². The van der Waals surface area contributed by atoms with Crippen molar-refractivity contribution in [1.82, 2.24) is 14.6 Å². The minimum Gasteiger partial charge on any atom is -0.477 e. The summed E-state index contributed by atoms with van der Waals surface area (Å²) in [5.74, 6) is -1.08. The number of nitrogens with one attached hydrogen (secondary N) is 2. The van der Waals surface area contributed by atoms with Gasteiger partial charge in [0.15, 0.2) is 24.2 Å². The van der Waals surface area contributed by atoms with Gasteiger partial charge in [-0.1, -0.05) is 0 Å². The number of benzene rings is 1. The number of hydrogen-bond acceptors (Lipinski definition) is 7. The molecule has 11 heteroatoms. The van der Waals surface area contributed by atoms with Crippen LogP contribution in [0.5, 0.6) is 5.75 Å². The Morgan fingerprint density at radius 2 is 2.30 bits per heavy atom. The Morgan fingerprint density at radius 3 is 3.03 bits per heavy atom. The van der Waals surface area contributed by atoms with E-state index in [4.69, 9.17) is 4.74 Å². The molecule has 10 nitrogen and oxygen atoms in total. The Balaban J connectivity index is 1.61. The van der Waals surface area contributed by atoms with Gasteiger partial charge in [-0.25, -0.2) is 14.2 Å². The number of carboxylic acids is 1. The molecular formula is C19H19FN6O4. The highest BCUT2D eigenvalue weighted by atomic mass is 19.1. The van der Waals surface area contributed by atoms with Crippen molar-refractivity contribution in [2.24, 2.45) is 0 Å².